The van der Waals surface area contributed by atoms with Crippen molar-refractivity contribution in [1.29, 1.82) is 0 Å². The normalized spacial score (nSPS) is 12.4. The molecule has 0 aliphatic rings. The molecule has 0 saturated carbocycles. The van der Waals surface area contributed by atoms with Gasteiger partial charge in [0, 0.05) is 9.50 Å². The maximum Gasteiger partial charge on any atom is 0.126 e. The predicted octanol–water partition coefficient (Wildman–Crippen LogP) is 4.30. The van der Waals surface area contributed by atoms with Gasteiger partial charge in [0.25, 0.3) is 0 Å². The van der Waals surface area contributed by atoms with E-state index in [4.69, 9.17) is 17.4 Å². The molecule has 0 heterocycles. The lowest BCUT2D eigenvalue weighted by atomic mass is 9.95. The standard InChI is InChI=1S/C15H15BrClFN2/c1-9-12(3-2-4-13(9)17)15(20-19)8-10-7-11(16)5-6-14(10)18/h2-7,15,20H,8,19H2,1H3. The highest BCUT2D eigenvalue weighted by molar-refractivity contribution is 9.10. The van der Waals surface area contributed by atoms with Crippen molar-refractivity contribution in [2.45, 2.75) is 19.4 Å². The van der Waals surface area contributed by atoms with Gasteiger partial charge < -0.3 is 0 Å². The van der Waals surface area contributed by atoms with Gasteiger partial charge >= 0.3 is 0 Å². The molecule has 3 N–H and O–H groups in total. The molecule has 0 amide bonds. The van der Waals surface area contributed by atoms with Crippen LogP contribution in [-0.4, -0.2) is 0 Å². The largest absolute Gasteiger partial charge is 0.271 e. The minimum absolute atomic E-state index is 0.197. The van der Waals surface area contributed by atoms with Gasteiger partial charge in [0.1, 0.15) is 5.82 Å². The molecule has 2 aromatic carbocycles. The van der Waals surface area contributed by atoms with Crippen LogP contribution in [0, 0.1) is 12.7 Å². The zero-order valence-corrected chi connectivity index (χ0v) is 13.3. The molecular formula is C15H15BrClFN2. The molecule has 2 rings (SSSR count). The lowest BCUT2D eigenvalue weighted by Crippen LogP contribution is -2.30. The molecule has 0 bridgehead atoms. The lowest BCUT2D eigenvalue weighted by Gasteiger charge is -2.19. The molecule has 0 aromatic heterocycles. The van der Waals surface area contributed by atoms with E-state index in [1.165, 1.54) is 6.07 Å². The third-order valence-electron chi connectivity index (χ3n) is 3.32. The Bertz CT molecular complexity index is 619. The molecule has 0 radical (unpaired) electrons. The summed E-state index contributed by atoms with van der Waals surface area (Å²) in [5.41, 5.74) is 5.26. The smallest absolute Gasteiger partial charge is 0.126 e. The van der Waals surface area contributed by atoms with Gasteiger partial charge in [0.2, 0.25) is 0 Å². The zero-order valence-electron chi connectivity index (χ0n) is 11.0. The Morgan fingerprint density at radius 1 is 1.35 bits per heavy atom. The van der Waals surface area contributed by atoms with Crippen LogP contribution in [0.4, 0.5) is 4.39 Å². The van der Waals surface area contributed by atoms with Gasteiger partial charge in [-0.3, -0.25) is 11.3 Å². The summed E-state index contributed by atoms with van der Waals surface area (Å²) >= 11 is 9.48. The molecule has 1 unspecified atom stereocenters. The fourth-order valence-electron chi connectivity index (χ4n) is 2.18. The van der Waals surface area contributed by atoms with E-state index in [-0.39, 0.29) is 11.9 Å². The number of nitrogens with two attached hydrogens (primary N) is 1. The molecule has 0 spiro atoms. The van der Waals surface area contributed by atoms with Crippen molar-refractivity contribution in [2.24, 2.45) is 5.84 Å². The van der Waals surface area contributed by atoms with Gasteiger partial charge in [0.05, 0.1) is 6.04 Å². The van der Waals surface area contributed by atoms with E-state index in [0.29, 0.717) is 17.0 Å². The second-order valence-electron chi connectivity index (χ2n) is 4.61. The van der Waals surface area contributed by atoms with Gasteiger partial charge in [0.15, 0.2) is 0 Å². The maximum atomic E-state index is 13.8. The maximum absolute atomic E-state index is 13.8. The second-order valence-corrected chi connectivity index (χ2v) is 5.94. The van der Waals surface area contributed by atoms with Crippen LogP contribution in [0.15, 0.2) is 40.9 Å². The summed E-state index contributed by atoms with van der Waals surface area (Å²) < 4.78 is 14.7. The molecule has 5 heteroatoms. The van der Waals surface area contributed by atoms with Crippen molar-refractivity contribution in [1.82, 2.24) is 5.43 Å². The summed E-state index contributed by atoms with van der Waals surface area (Å²) in [5, 5.41) is 0.678. The highest BCUT2D eigenvalue weighted by atomic mass is 79.9. The zero-order chi connectivity index (χ0) is 14.7. The Morgan fingerprint density at radius 3 is 2.80 bits per heavy atom. The van der Waals surface area contributed by atoms with Gasteiger partial charge in [-0.25, -0.2) is 4.39 Å². The lowest BCUT2D eigenvalue weighted by molar-refractivity contribution is 0.527. The van der Waals surface area contributed by atoms with Crippen LogP contribution in [-0.2, 0) is 6.42 Å². The Balaban J connectivity index is 2.34. The Kier molecular flexibility index (Phi) is 5.16. The van der Waals surface area contributed by atoms with E-state index in [9.17, 15) is 4.39 Å². The van der Waals surface area contributed by atoms with E-state index in [1.807, 2.05) is 25.1 Å². The number of halogens is 3. The molecule has 0 aliphatic heterocycles. The van der Waals surface area contributed by atoms with Crippen molar-refractivity contribution in [3.63, 3.8) is 0 Å². The first-order chi connectivity index (χ1) is 9.52. The first kappa shape index (κ1) is 15.4. The van der Waals surface area contributed by atoms with Crippen LogP contribution in [0.25, 0.3) is 0 Å². The minimum Gasteiger partial charge on any atom is -0.271 e. The molecule has 2 aromatic rings. The van der Waals surface area contributed by atoms with Crippen LogP contribution in [0.1, 0.15) is 22.7 Å². The summed E-state index contributed by atoms with van der Waals surface area (Å²) in [6.07, 6.45) is 0.447. The number of benzene rings is 2. The number of hydrogen-bond donors (Lipinski definition) is 2. The van der Waals surface area contributed by atoms with E-state index >= 15 is 0 Å². The summed E-state index contributed by atoms with van der Waals surface area (Å²) in [5.74, 6) is 5.39. The fourth-order valence-corrected chi connectivity index (χ4v) is 2.77. The predicted molar refractivity (Wildman–Crippen MR) is 84.1 cm³/mol. The van der Waals surface area contributed by atoms with Crippen molar-refractivity contribution >= 4 is 27.5 Å². The SMILES string of the molecule is Cc1c(Cl)cccc1C(Cc1cc(Br)ccc1F)NN. The van der Waals surface area contributed by atoms with Crippen LogP contribution >= 0.6 is 27.5 Å². The third kappa shape index (κ3) is 3.38. The van der Waals surface area contributed by atoms with E-state index in [0.717, 1.165) is 15.6 Å². The molecule has 20 heavy (non-hydrogen) atoms. The fraction of sp³-hybridized carbons (Fsp3) is 0.200. The third-order valence-corrected chi connectivity index (χ3v) is 4.22. The van der Waals surface area contributed by atoms with Gasteiger partial charge in [-0.1, -0.05) is 39.7 Å². The number of hydrazine groups is 1. The molecule has 0 aliphatic carbocycles. The quantitative estimate of drug-likeness (QED) is 0.632. The monoisotopic (exact) mass is 356 g/mol. The molecule has 2 nitrogen and oxygen atoms in total. The second kappa shape index (κ2) is 6.68. The summed E-state index contributed by atoms with van der Waals surface area (Å²) in [4.78, 5) is 0. The van der Waals surface area contributed by atoms with E-state index < -0.39 is 0 Å². The average molecular weight is 358 g/mol. The summed E-state index contributed by atoms with van der Waals surface area (Å²) in [6.45, 7) is 1.93. The van der Waals surface area contributed by atoms with Gasteiger partial charge in [-0.2, -0.15) is 0 Å². The molecule has 1 atom stereocenters. The number of rotatable bonds is 4. The highest BCUT2D eigenvalue weighted by Gasteiger charge is 2.16. The molecule has 0 fully saturated rings. The van der Waals surface area contributed by atoms with Crippen molar-refractivity contribution < 1.29 is 4.39 Å². The highest BCUT2D eigenvalue weighted by Crippen LogP contribution is 2.27. The molecule has 0 saturated heterocycles. The minimum atomic E-state index is -0.242. The van der Waals surface area contributed by atoms with E-state index in [2.05, 4.69) is 21.4 Å². The first-order valence-corrected chi connectivity index (χ1v) is 7.35. The van der Waals surface area contributed by atoms with Gasteiger partial charge in [-0.15, -0.1) is 0 Å². The van der Waals surface area contributed by atoms with Crippen molar-refractivity contribution in [3.8, 4) is 0 Å². The van der Waals surface area contributed by atoms with Crippen LogP contribution in [0.5, 0.6) is 0 Å². The number of nitrogens with one attached hydrogen (secondary N) is 1. The van der Waals surface area contributed by atoms with Crippen molar-refractivity contribution in [3.05, 3.63) is 68.4 Å². The molecular weight excluding hydrogens is 343 g/mol. The summed E-state index contributed by atoms with van der Waals surface area (Å²) in [6, 6.07) is 10.3. The average Bonchev–Trinajstić information content (AvgIpc) is 2.43. The first-order valence-electron chi connectivity index (χ1n) is 6.18. The van der Waals surface area contributed by atoms with Crippen LogP contribution in [0.3, 0.4) is 0 Å². The molecule has 106 valence electrons. The Morgan fingerprint density at radius 2 is 2.10 bits per heavy atom. The Hall–Kier alpha value is -0.940. The van der Waals surface area contributed by atoms with Crippen molar-refractivity contribution in [2.75, 3.05) is 0 Å². The number of hydrogen-bond acceptors (Lipinski definition) is 2. The van der Waals surface area contributed by atoms with Crippen LogP contribution < -0.4 is 11.3 Å². The Labute approximate surface area is 131 Å². The van der Waals surface area contributed by atoms with E-state index in [1.54, 1.807) is 12.1 Å². The van der Waals surface area contributed by atoms with Crippen LogP contribution in [0.2, 0.25) is 5.02 Å². The van der Waals surface area contributed by atoms with Gasteiger partial charge in [-0.05, 0) is 54.3 Å². The summed E-state index contributed by atoms with van der Waals surface area (Å²) in [7, 11) is 0. The topological polar surface area (TPSA) is 38.0 Å².